The summed E-state index contributed by atoms with van der Waals surface area (Å²) in [5.74, 6) is 0.927. The molecule has 3 rings (SSSR count). The Labute approximate surface area is 167 Å². The van der Waals surface area contributed by atoms with Crippen molar-refractivity contribution in [3.63, 3.8) is 0 Å². The Balaban J connectivity index is 1.73. The highest BCUT2D eigenvalue weighted by molar-refractivity contribution is 7.91. The zero-order valence-corrected chi connectivity index (χ0v) is 17.2. The van der Waals surface area contributed by atoms with Gasteiger partial charge in [0.15, 0.2) is 16.4 Å². The number of nitrogens with zero attached hydrogens (tertiary/aromatic N) is 1. The van der Waals surface area contributed by atoms with Crippen LogP contribution >= 0.6 is 0 Å². The van der Waals surface area contributed by atoms with E-state index < -0.39 is 9.84 Å². The van der Waals surface area contributed by atoms with Crippen molar-refractivity contribution < 1.29 is 17.9 Å². The average molecular weight is 402 g/mol. The Kier molecular flexibility index (Phi) is 6.39. The predicted octanol–water partition coefficient (Wildman–Crippen LogP) is 3.40. The fraction of sp³-hybridized carbons (Fsp3) is 0.409. The number of carbonyl (C=O) groups is 1. The van der Waals surface area contributed by atoms with Gasteiger partial charge in [0, 0.05) is 18.2 Å². The van der Waals surface area contributed by atoms with E-state index >= 15 is 0 Å². The normalized spacial score (nSPS) is 18.2. The molecule has 0 radical (unpaired) electrons. The Hall–Kier alpha value is -2.34. The van der Waals surface area contributed by atoms with Crippen molar-refractivity contribution in [2.45, 2.75) is 26.3 Å². The summed E-state index contributed by atoms with van der Waals surface area (Å²) in [6.07, 6.45) is 0.501. The van der Waals surface area contributed by atoms with Crippen molar-refractivity contribution in [2.24, 2.45) is 5.92 Å². The van der Waals surface area contributed by atoms with E-state index in [9.17, 15) is 13.2 Å². The summed E-state index contributed by atoms with van der Waals surface area (Å²) in [7, 11) is -3.05. The van der Waals surface area contributed by atoms with Gasteiger partial charge in [-0.15, -0.1) is 0 Å². The lowest BCUT2D eigenvalue weighted by Gasteiger charge is -2.30. The second-order valence-corrected chi connectivity index (χ2v) is 9.88. The molecule has 1 fully saturated rings. The first kappa shape index (κ1) is 20.4. The SMILES string of the molecule is CC(C)CN(C(=O)COc1ccccc1-c1ccccc1)[C@H]1CCS(=O)(=O)C1. The smallest absolute Gasteiger partial charge is 0.260 e. The van der Waals surface area contributed by atoms with Crippen molar-refractivity contribution in [1.82, 2.24) is 4.90 Å². The highest BCUT2D eigenvalue weighted by Gasteiger charge is 2.35. The summed E-state index contributed by atoms with van der Waals surface area (Å²) >= 11 is 0. The molecule has 1 atom stereocenters. The van der Waals surface area contributed by atoms with Crippen molar-refractivity contribution in [3.05, 3.63) is 54.6 Å². The molecule has 0 aliphatic carbocycles. The molecule has 1 amide bonds. The van der Waals surface area contributed by atoms with Crippen molar-refractivity contribution in [3.8, 4) is 16.9 Å². The lowest BCUT2D eigenvalue weighted by atomic mass is 10.1. The van der Waals surface area contributed by atoms with Crippen LogP contribution in [-0.4, -0.2) is 49.9 Å². The number of benzene rings is 2. The van der Waals surface area contributed by atoms with Gasteiger partial charge in [-0.1, -0.05) is 62.4 Å². The van der Waals surface area contributed by atoms with Crippen LogP contribution in [0.15, 0.2) is 54.6 Å². The summed E-state index contributed by atoms with van der Waals surface area (Å²) in [5.41, 5.74) is 1.95. The number of hydrogen-bond acceptors (Lipinski definition) is 4. The topological polar surface area (TPSA) is 63.7 Å². The monoisotopic (exact) mass is 401 g/mol. The van der Waals surface area contributed by atoms with Gasteiger partial charge >= 0.3 is 0 Å². The zero-order chi connectivity index (χ0) is 20.1. The van der Waals surface area contributed by atoms with E-state index in [2.05, 4.69) is 0 Å². The number of carbonyl (C=O) groups excluding carboxylic acids is 1. The summed E-state index contributed by atoms with van der Waals surface area (Å²) in [5, 5.41) is 0. The van der Waals surface area contributed by atoms with E-state index in [1.807, 2.05) is 68.4 Å². The highest BCUT2D eigenvalue weighted by Crippen LogP contribution is 2.29. The van der Waals surface area contributed by atoms with Gasteiger partial charge in [-0.2, -0.15) is 0 Å². The molecule has 1 saturated heterocycles. The molecule has 150 valence electrons. The van der Waals surface area contributed by atoms with Crippen LogP contribution < -0.4 is 4.74 Å². The molecule has 2 aromatic rings. The predicted molar refractivity (Wildman–Crippen MR) is 111 cm³/mol. The average Bonchev–Trinajstić information content (AvgIpc) is 3.04. The molecule has 5 nitrogen and oxygen atoms in total. The standard InChI is InChI=1S/C22H27NO4S/c1-17(2)14-23(19-12-13-28(25,26)16-19)22(24)15-27-21-11-7-6-10-20(21)18-8-4-3-5-9-18/h3-11,17,19H,12-16H2,1-2H3/t19-/m0/s1. The number of hydrogen-bond donors (Lipinski definition) is 0. The van der Waals surface area contributed by atoms with E-state index in [-0.39, 0.29) is 36.0 Å². The van der Waals surface area contributed by atoms with Crippen LogP contribution in [-0.2, 0) is 14.6 Å². The van der Waals surface area contributed by atoms with Crippen LogP contribution in [0.1, 0.15) is 20.3 Å². The number of ether oxygens (including phenoxy) is 1. The van der Waals surface area contributed by atoms with Gasteiger partial charge in [0.2, 0.25) is 0 Å². The Morgan fingerprint density at radius 2 is 1.79 bits per heavy atom. The minimum atomic E-state index is -3.05. The largest absolute Gasteiger partial charge is 0.483 e. The summed E-state index contributed by atoms with van der Waals surface area (Å²) in [6.45, 7) is 4.47. The number of para-hydroxylation sites is 1. The van der Waals surface area contributed by atoms with Crippen LogP contribution in [0.25, 0.3) is 11.1 Å². The molecule has 28 heavy (non-hydrogen) atoms. The molecule has 1 aliphatic heterocycles. The van der Waals surface area contributed by atoms with Crippen molar-refractivity contribution >= 4 is 15.7 Å². The third kappa shape index (κ3) is 5.13. The fourth-order valence-corrected chi connectivity index (χ4v) is 5.27. The first-order valence-electron chi connectivity index (χ1n) is 9.63. The van der Waals surface area contributed by atoms with E-state index in [1.54, 1.807) is 4.90 Å². The molecule has 0 unspecified atom stereocenters. The van der Waals surface area contributed by atoms with E-state index in [4.69, 9.17) is 4.74 Å². The van der Waals surface area contributed by atoms with Crippen LogP contribution in [0.3, 0.4) is 0 Å². The molecule has 0 aromatic heterocycles. The van der Waals surface area contributed by atoms with Crippen molar-refractivity contribution in [1.29, 1.82) is 0 Å². The fourth-order valence-electron chi connectivity index (χ4n) is 3.54. The molecule has 0 spiro atoms. The molecular weight excluding hydrogens is 374 g/mol. The van der Waals surface area contributed by atoms with E-state index in [0.717, 1.165) is 11.1 Å². The first-order chi connectivity index (χ1) is 13.4. The van der Waals surface area contributed by atoms with Crippen LogP contribution in [0.5, 0.6) is 5.75 Å². The van der Waals surface area contributed by atoms with Gasteiger partial charge in [-0.05, 0) is 24.0 Å². The lowest BCUT2D eigenvalue weighted by Crippen LogP contribution is -2.45. The summed E-state index contributed by atoms with van der Waals surface area (Å²) < 4.78 is 29.6. The van der Waals surface area contributed by atoms with Gasteiger partial charge < -0.3 is 9.64 Å². The lowest BCUT2D eigenvalue weighted by molar-refractivity contribution is -0.135. The number of sulfone groups is 1. The Bertz CT molecular complexity index is 909. The maximum Gasteiger partial charge on any atom is 0.260 e. The Morgan fingerprint density at radius 3 is 2.43 bits per heavy atom. The molecule has 1 heterocycles. The highest BCUT2D eigenvalue weighted by atomic mass is 32.2. The second kappa shape index (κ2) is 8.78. The number of amides is 1. The first-order valence-corrected chi connectivity index (χ1v) is 11.4. The van der Waals surface area contributed by atoms with Gasteiger partial charge in [0.05, 0.1) is 11.5 Å². The summed E-state index contributed by atoms with van der Waals surface area (Å²) in [6, 6.07) is 17.2. The number of rotatable bonds is 7. The molecule has 0 bridgehead atoms. The second-order valence-electron chi connectivity index (χ2n) is 7.65. The van der Waals surface area contributed by atoms with Crippen molar-refractivity contribution in [2.75, 3.05) is 24.7 Å². The van der Waals surface area contributed by atoms with Crippen LogP contribution in [0, 0.1) is 5.92 Å². The third-order valence-electron chi connectivity index (χ3n) is 4.85. The third-order valence-corrected chi connectivity index (χ3v) is 6.60. The van der Waals surface area contributed by atoms with Crippen LogP contribution in [0.4, 0.5) is 0 Å². The van der Waals surface area contributed by atoms with Gasteiger partial charge in [0.1, 0.15) is 5.75 Å². The maximum absolute atomic E-state index is 12.9. The zero-order valence-electron chi connectivity index (χ0n) is 16.4. The van der Waals surface area contributed by atoms with E-state index in [1.165, 1.54) is 0 Å². The quantitative estimate of drug-likeness (QED) is 0.713. The molecule has 1 aliphatic rings. The molecule has 0 N–H and O–H groups in total. The Morgan fingerprint density at radius 1 is 1.11 bits per heavy atom. The van der Waals surface area contributed by atoms with E-state index in [0.29, 0.717) is 18.7 Å². The maximum atomic E-state index is 12.9. The minimum Gasteiger partial charge on any atom is -0.483 e. The van der Waals surface area contributed by atoms with Gasteiger partial charge in [0.25, 0.3) is 5.91 Å². The molecule has 0 saturated carbocycles. The van der Waals surface area contributed by atoms with Gasteiger partial charge in [-0.25, -0.2) is 8.42 Å². The summed E-state index contributed by atoms with van der Waals surface area (Å²) in [4.78, 5) is 14.6. The minimum absolute atomic E-state index is 0.0477. The molecule has 2 aromatic carbocycles. The van der Waals surface area contributed by atoms with Crippen LogP contribution in [0.2, 0.25) is 0 Å². The molecular formula is C22H27NO4S. The van der Waals surface area contributed by atoms with Gasteiger partial charge in [-0.3, -0.25) is 4.79 Å². The molecule has 6 heteroatoms.